The molecule has 0 aromatic carbocycles. The van der Waals surface area contributed by atoms with Gasteiger partial charge in [-0.1, -0.05) is 12.8 Å². The van der Waals surface area contributed by atoms with Crippen LogP contribution in [-0.2, 0) is 9.59 Å². The molecule has 1 N–H and O–H groups in total. The Kier molecular flexibility index (Phi) is 4.26. The molecular weight excluding hydrogens is 336 g/mol. The Hall–Kier alpha value is -2.64. The minimum atomic E-state index is -0.770. The van der Waals surface area contributed by atoms with Gasteiger partial charge >= 0.3 is 6.03 Å². The summed E-state index contributed by atoms with van der Waals surface area (Å²) in [5.41, 5.74) is -0.770. The van der Waals surface area contributed by atoms with E-state index in [-0.39, 0.29) is 24.5 Å². The van der Waals surface area contributed by atoms with Gasteiger partial charge in [-0.25, -0.2) is 4.79 Å². The molecule has 2 saturated heterocycles. The van der Waals surface area contributed by atoms with Crippen LogP contribution in [-0.4, -0.2) is 63.9 Å². The van der Waals surface area contributed by atoms with E-state index in [2.05, 4.69) is 10.3 Å². The number of pyridine rings is 1. The number of hydrogen-bond acceptors (Lipinski definition) is 5. The molecule has 3 heterocycles. The van der Waals surface area contributed by atoms with Crippen molar-refractivity contribution < 1.29 is 19.1 Å². The highest BCUT2D eigenvalue weighted by Gasteiger charge is 2.53. The molecule has 8 heteroatoms. The van der Waals surface area contributed by atoms with Crippen molar-refractivity contribution in [3.63, 3.8) is 0 Å². The van der Waals surface area contributed by atoms with Crippen molar-refractivity contribution >= 4 is 17.8 Å². The van der Waals surface area contributed by atoms with Crippen LogP contribution in [0.25, 0.3) is 0 Å². The van der Waals surface area contributed by atoms with Crippen LogP contribution in [0.5, 0.6) is 5.75 Å². The lowest BCUT2D eigenvalue weighted by Gasteiger charge is -2.22. The second-order valence-corrected chi connectivity index (χ2v) is 7.17. The predicted molar refractivity (Wildman–Crippen MR) is 91.3 cm³/mol. The number of imide groups is 1. The van der Waals surface area contributed by atoms with Gasteiger partial charge in [0.15, 0.2) is 0 Å². The van der Waals surface area contributed by atoms with E-state index in [4.69, 9.17) is 4.74 Å². The maximum Gasteiger partial charge on any atom is 0.325 e. The number of nitrogens with one attached hydrogen (secondary N) is 1. The van der Waals surface area contributed by atoms with E-state index in [1.54, 1.807) is 23.4 Å². The lowest BCUT2D eigenvalue weighted by atomic mass is 9.98. The Morgan fingerprint density at radius 1 is 1.35 bits per heavy atom. The normalized spacial score (nSPS) is 24.4. The number of carbonyl (C=O) groups is 3. The van der Waals surface area contributed by atoms with E-state index in [1.165, 1.54) is 0 Å². The van der Waals surface area contributed by atoms with Gasteiger partial charge in [0.25, 0.3) is 5.91 Å². The van der Waals surface area contributed by atoms with Gasteiger partial charge in [0.2, 0.25) is 5.91 Å². The Bertz CT molecular complexity index is 717. The van der Waals surface area contributed by atoms with Crippen molar-refractivity contribution in [2.45, 2.75) is 43.7 Å². The van der Waals surface area contributed by atoms with E-state index in [0.717, 1.165) is 17.7 Å². The zero-order valence-corrected chi connectivity index (χ0v) is 14.5. The smallest absolute Gasteiger partial charge is 0.325 e. The Morgan fingerprint density at radius 3 is 2.88 bits per heavy atom. The molecule has 1 atom stereocenters. The first-order valence-electron chi connectivity index (χ1n) is 9.06. The summed E-state index contributed by atoms with van der Waals surface area (Å²) in [6, 6.07) is 3.17. The van der Waals surface area contributed by atoms with Gasteiger partial charge in [0, 0.05) is 19.2 Å². The summed E-state index contributed by atoms with van der Waals surface area (Å²) in [6.07, 6.45) is 7.09. The van der Waals surface area contributed by atoms with Crippen molar-refractivity contribution in [3.05, 3.63) is 24.5 Å². The summed E-state index contributed by atoms with van der Waals surface area (Å²) >= 11 is 0. The fourth-order valence-corrected chi connectivity index (χ4v) is 4.03. The van der Waals surface area contributed by atoms with Gasteiger partial charge in [0.1, 0.15) is 23.9 Å². The molecule has 1 spiro atoms. The minimum Gasteiger partial charge on any atom is -0.487 e. The van der Waals surface area contributed by atoms with Crippen LogP contribution in [0.2, 0.25) is 0 Å². The quantitative estimate of drug-likeness (QED) is 0.809. The standard InChI is InChI=1S/C18H22N4O4/c23-15(12-22-16(24)18(20-17(22)25)6-1-2-7-18)21-9-5-14(11-21)26-13-4-3-8-19-10-13/h3-4,8,10,14H,1-2,5-7,9,11-12H2,(H,20,25). The molecule has 3 fully saturated rings. The molecule has 26 heavy (non-hydrogen) atoms. The number of rotatable bonds is 4. The first kappa shape index (κ1) is 16.8. The summed E-state index contributed by atoms with van der Waals surface area (Å²) in [4.78, 5) is 44.1. The molecule has 0 radical (unpaired) electrons. The summed E-state index contributed by atoms with van der Waals surface area (Å²) in [5.74, 6) is 0.195. The zero-order chi connectivity index (χ0) is 18.1. The Labute approximate surface area is 151 Å². The van der Waals surface area contributed by atoms with E-state index in [0.29, 0.717) is 38.1 Å². The molecule has 3 aliphatic rings. The third-order valence-corrected chi connectivity index (χ3v) is 5.43. The molecule has 1 unspecified atom stereocenters. The van der Waals surface area contributed by atoms with Crippen molar-refractivity contribution in [2.75, 3.05) is 19.6 Å². The lowest BCUT2D eigenvalue weighted by Crippen LogP contribution is -2.46. The highest BCUT2D eigenvalue weighted by atomic mass is 16.5. The molecular formula is C18H22N4O4. The molecule has 1 saturated carbocycles. The highest BCUT2D eigenvalue weighted by molar-refractivity contribution is 6.09. The van der Waals surface area contributed by atoms with Crippen LogP contribution in [0.4, 0.5) is 4.79 Å². The lowest BCUT2D eigenvalue weighted by molar-refractivity contribution is -0.138. The van der Waals surface area contributed by atoms with Gasteiger partial charge in [-0.05, 0) is 25.0 Å². The van der Waals surface area contributed by atoms with Crippen LogP contribution < -0.4 is 10.1 Å². The summed E-state index contributed by atoms with van der Waals surface area (Å²) in [7, 11) is 0. The maximum absolute atomic E-state index is 12.6. The molecule has 0 bridgehead atoms. The Morgan fingerprint density at radius 2 is 2.15 bits per heavy atom. The molecule has 1 aromatic heterocycles. The maximum atomic E-state index is 12.6. The van der Waals surface area contributed by atoms with Crippen molar-refractivity contribution in [1.29, 1.82) is 0 Å². The SMILES string of the molecule is O=C(CN1C(=O)NC2(CCCC2)C1=O)N1CCC(Oc2cccnc2)C1. The summed E-state index contributed by atoms with van der Waals surface area (Å²) in [5, 5.41) is 2.80. The predicted octanol–water partition coefficient (Wildman–Crippen LogP) is 0.926. The van der Waals surface area contributed by atoms with Gasteiger partial charge in [0.05, 0.1) is 12.7 Å². The average molecular weight is 358 g/mol. The van der Waals surface area contributed by atoms with Crippen molar-refractivity contribution in [2.24, 2.45) is 0 Å². The monoisotopic (exact) mass is 358 g/mol. The van der Waals surface area contributed by atoms with E-state index in [1.807, 2.05) is 6.07 Å². The minimum absolute atomic E-state index is 0.104. The summed E-state index contributed by atoms with van der Waals surface area (Å²) < 4.78 is 5.83. The fourth-order valence-electron chi connectivity index (χ4n) is 4.03. The number of likely N-dealkylation sites (tertiary alicyclic amines) is 1. The van der Waals surface area contributed by atoms with Crippen LogP contribution in [0, 0.1) is 0 Å². The van der Waals surface area contributed by atoms with Crippen LogP contribution >= 0.6 is 0 Å². The van der Waals surface area contributed by atoms with Crippen molar-refractivity contribution in [1.82, 2.24) is 20.1 Å². The molecule has 8 nitrogen and oxygen atoms in total. The van der Waals surface area contributed by atoms with Crippen molar-refractivity contribution in [3.8, 4) is 5.75 Å². The molecule has 1 aromatic rings. The first-order valence-corrected chi connectivity index (χ1v) is 9.06. The third-order valence-electron chi connectivity index (χ3n) is 5.43. The highest BCUT2D eigenvalue weighted by Crippen LogP contribution is 2.35. The fraction of sp³-hybridized carbons (Fsp3) is 0.556. The second-order valence-electron chi connectivity index (χ2n) is 7.17. The molecule has 2 aliphatic heterocycles. The van der Waals surface area contributed by atoms with Crippen LogP contribution in [0.3, 0.4) is 0 Å². The zero-order valence-electron chi connectivity index (χ0n) is 14.5. The topological polar surface area (TPSA) is 91.8 Å². The number of ether oxygens (including phenoxy) is 1. The van der Waals surface area contributed by atoms with Gasteiger partial charge in [-0.3, -0.25) is 19.5 Å². The van der Waals surface area contributed by atoms with Gasteiger partial charge in [-0.15, -0.1) is 0 Å². The summed E-state index contributed by atoms with van der Waals surface area (Å²) in [6.45, 7) is 0.799. The number of aromatic nitrogens is 1. The number of carbonyl (C=O) groups excluding carboxylic acids is 3. The van der Waals surface area contributed by atoms with Gasteiger partial charge < -0.3 is 15.0 Å². The van der Waals surface area contributed by atoms with Gasteiger partial charge in [-0.2, -0.15) is 0 Å². The van der Waals surface area contributed by atoms with E-state index in [9.17, 15) is 14.4 Å². The van der Waals surface area contributed by atoms with E-state index < -0.39 is 11.6 Å². The number of hydrogen-bond donors (Lipinski definition) is 1. The van der Waals surface area contributed by atoms with Crippen LogP contribution in [0.15, 0.2) is 24.5 Å². The molecule has 4 amide bonds. The molecule has 4 rings (SSSR count). The molecule has 138 valence electrons. The van der Waals surface area contributed by atoms with E-state index >= 15 is 0 Å². The average Bonchev–Trinajstić information content (AvgIpc) is 3.34. The molecule has 1 aliphatic carbocycles. The number of urea groups is 1. The largest absolute Gasteiger partial charge is 0.487 e. The number of amides is 4. The third kappa shape index (κ3) is 3.00. The Balaban J connectivity index is 1.34. The van der Waals surface area contributed by atoms with Crippen LogP contribution in [0.1, 0.15) is 32.1 Å². The first-order chi connectivity index (χ1) is 12.6. The second kappa shape index (κ2) is 6.59. The number of nitrogens with zero attached hydrogens (tertiary/aromatic N) is 3.